The largest absolute Gasteiger partial charge is 0.399 e. The van der Waals surface area contributed by atoms with Crippen LogP contribution in [0.3, 0.4) is 0 Å². The fourth-order valence-corrected chi connectivity index (χ4v) is 0.945. The van der Waals surface area contributed by atoms with Gasteiger partial charge in [0.2, 0.25) is 0 Å². The molecule has 0 atom stereocenters. The lowest BCUT2D eigenvalue weighted by Gasteiger charge is -2.03. The van der Waals surface area contributed by atoms with Gasteiger partial charge in [0.1, 0.15) is 0 Å². The first-order chi connectivity index (χ1) is 5.72. The van der Waals surface area contributed by atoms with E-state index in [1.54, 1.807) is 23.8 Å². The minimum atomic E-state index is 0.214. The molecule has 0 aromatic heterocycles. The molecule has 0 unspecified atom stereocenters. The molecule has 0 spiro atoms. The van der Waals surface area contributed by atoms with Crippen LogP contribution < -0.4 is 17.1 Å². The van der Waals surface area contributed by atoms with E-state index in [9.17, 15) is 0 Å². The van der Waals surface area contributed by atoms with Crippen molar-refractivity contribution in [2.45, 2.75) is 6.61 Å². The Morgan fingerprint density at radius 1 is 1.25 bits per heavy atom. The standard InChI is InChI=1S/C7H11N3O2/c8-6-1-5(4-12-10-11)2-7(9)3-6/h1-3,10-11H,4,8-9H2. The third-order valence-corrected chi connectivity index (χ3v) is 1.34. The summed E-state index contributed by atoms with van der Waals surface area (Å²) in [5.74, 6) is 0. The van der Waals surface area contributed by atoms with Crippen molar-refractivity contribution >= 4 is 11.4 Å². The predicted octanol–water partition coefficient (Wildman–Crippen LogP) is 0.261. The molecule has 0 aliphatic rings. The number of nitrogens with one attached hydrogen (secondary N) is 1. The molecular formula is C7H11N3O2. The van der Waals surface area contributed by atoms with E-state index in [0.717, 1.165) is 5.56 Å². The van der Waals surface area contributed by atoms with Gasteiger partial charge in [0.05, 0.1) is 6.61 Å². The Morgan fingerprint density at radius 3 is 2.33 bits per heavy atom. The van der Waals surface area contributed by atoms with Crippen LogP contribution >= 0.6 is 0 Å². The van der Waals surface area contributed by atoms with Crippen molar-refractivity contribution in [3.63, 3.8) is 0 Å². The van der Waals surface area contributed by atoms with Gasteiger partial charge in [-0.1, -0.05) is 5.64 Å². The summed E-state index contributed by atoms with van der Waals surface area (Å²) in [7, 11) is 0. The highest BCUT2D eigenvalue weighted by molar-refractivity contribution is 5.54. The molecular weight excluding hydrogens is 158 g/mol. The van der Waals surface area contributed by atoms with Crippen molar-refractivity contribution in [3.05, 3.63) is 23.8 Å². The molecule has 5 nitrogen and oxygen atoms in total. The average Bonchev–Trinajstić information content (AvgIpc) is 1.99. The maximum absolute atomic E-state index is 8.13. The Balaban J connectivity index is 2.72. The van der Waals surface area contributed by atoms with Crippen molar-refractivity contribution in [1.29, 1.82) is 0 Å². The van der Waals surface area contributed by atoms with E-state index in [0.29, 0.717) is 11.4 Å². The van der Waals surface area contributed by atoms with Crippen LogP contribution in [-0.2, 0) is 11.4 Å². The zero-order valence-electron chi connectivity index (χ0n) is 6.45. The summed E-state index contributed by atoms with van der Waals surface area (Å²) in [6.07, 6.45) is 0. The molecule has 6 N–H and O–H groups in total. The number of nitrogens with two attached hydrogens (primary N) is 2. The van der Waals surface area contributed by atoms with Crippen LogP contribution in [0.2, 0.25) is 0 Å². The maximum Gasteiger partial charge on any atom is 0.0961 e. The van der Waals surface area contributed by atoms with Gasteiger partial charge in [0.15, 0.2) is 0 Å². The van der Waals surface area contributed by atoms with Crippen LogP contribution in [0.1, 0.15) is 5.56 Å². The number of hydrogen-bond acceptors (Lipinski definition) is 5. The van der Waals surface area contributed by atoms with E-state index in [2.05, 4.69) is 4.84 Å². The molecule has 0 amide bonds. The molecule has 1 rings (SSSR count). The Labute approximate surface area is 69.8 Å². The number of rotatable bonds is 3. The van der Waals surface area contributed by atoms with Crippen molar-refractivity contribution in [3.8, 4) is 0 Å². The van der Waals surface area contributed by atoms with Crippen LogP contribution in [0, 0.1) is 0 Å². The smallest absolute Gasteiger partial charge is 0.0961 e. The lowest BCUT2D eigenvalue weighted by atomic mass is 10.2. The summed E-state index contributed by atoms with van der Waals surface area (Å²) in [5.41, 5.74) is 14.5. The summed E-state index contributed by atoms with van der Waals surface area (Å²) < 4.78 is 0. The Hall–Kier alpha value is -1.30. The summed E-state index contributed by atoms with van der Waals surface area (Å²) >= 11 is 0. The van der Waals surface area contributed by atoms with E-state index in [1.807, 2.05) is 0 Å². The van der Waals surface area contributed by atoms with E-state index < -0.39 is 0 Å². The quantitative estimate of drug-likeness (QED) is 0.384. The molecule has 1 aromatic rings. The first kappa shape index (κ1) is 8.79. The molecule has 0 bridgehead atoms. The highest BCUT2D eigenvalue weighted by atomic mass is 16.8. The summed E-state index contributed by atoms with van der Waals surface area (Å²) in [6, 6.07) is 5.08. The Kier molecular flexibility index (Phi) is 2.87. The molecule has 0 radical (unpaired) electrons. The maximum atomic E-state index is 8.13. The van der Waals surface area contributed by atoms with E-state index in [4.69, 9.17) is 16.7 Å². The minimum Gasteiger partial charge on any atom is -0.399 e. The van der Waals surface area contributed by atoms with Gasteiger partial charge in [-0.05, 0) is 23.8 Å². The first-order valence-corrected chi connectivity index (χ1v) is 3.38. The third kappa shape index (κ3) is 2.39. The molecule has 0 aliphatic heterocycles. The number of hydrogen-bond donors (Lipinski definition) is 4. The zero-order valence-corrected chi connectivity index (χ0v) is 6.45. The summed E-state index contributed by atoms with van der Waals surface area (Å²) in [6.45, 7) is 0.214. The highest BCUT2D eigenvalue weighted by Crippen LogP contribution is 2.13. The molecule has 0 fully saturated rings. The molecule has 0 aliphatic carbocycles. The average molecular weight is 169 g/mol. The van der Waals surface area contributed by atoms with Gasteiger partial charge in [-0.15, -0.1) is 0 Å². The van der Waals surface area contributed by atoms with Crippen molar-refractivity contribution in [2.75, 3.05) is 11.5 Å². The SMILES string of the molecule is Nc1cc(N)cc(CONO)c1. The lowest BCUT2D eigenvalue weighted by Crippen LogP contribution is -2.08. The zero-order chi connectivity index (χ0) is 8.97. The fraction of sp³-hybridized carbons (Fsp3) is 0.143. The molecule has 0 saturated carbocycles. The molecule has 5 heteroatoms. The number of nitrogen functional groups attached to an aromatic ring is 2. The lowest BCUT2D eigenvalue weighted by molar-refractivity contribution is -0.135. The van der Waals surface area contributed by atoms with Crippen LogP contribution in [0.15, 0.2) is 18.2 Å². The van der Waals surface area contributed by atoms with Gasteiger partial charge in [-0.2, -0.15) is 0 Å². The monoisotopic (exact) mass is 169 g/mol. The van der Waals surface area contributed by atoms with Gasteiger partial charge in [0, 0.05) is 11.4 Å². The van der Waals surface area contributed by atoms with Crippen LogP contribution in [0.25, 0.3) is 0 Å². The second kappa shape index (κ2) is 3.91. The molecule has 0 heterocycles. The molecule has 1 aromatic carbocycles. The van der Waals surface area contributed by atoms with Crippen LogP contribution in [0.5, 0.6) is 0 Å². The van der Waals surface area contributed by atoms with Gasteiger partial charge in [-0.25, -0.2) is 0 Å². The minimum absolute atomic E-state index is 0.214. The van der Waals surface area contributed by atoms with Gasteiger partial charge in [0.25, 0.3) is 0 Å². The third-order valence-electron chi connectivity index (χ3n) is 1.34. The second-order valence-corrected chi connectivity index (χ2v) is 2.39. The Bertz CT molecular complexity index is 245. The number of anilines is 2. The predicted molar refractivity (Wildman–Crippen MR) is 45.0 cm³/mol. The van der Waals surface area contributed by atoms with Gasteiger partial charge in [-0.3, -0.25) is 10.0 Å². The normalized spacial score (nSPS) is 10.1. The Morgan fingerprint density at radius 2 is 1.83 bits per heavy atom. The van der Waals surface area contributed by atoms with Crippen molar-refractivity contribution < 1.29 is 10.0 Å². The van der Waals surface area contributed by atoms with E-state index in [1.165, 1.54) is 0 Å². The topological polar surface area (TPSA) is 93.5 Å². The van der Waals surface area contributed by atoms with Crippen molar-refractivity contribution in [2.24, 2.45) is 0 Å². The summed E-state index contributed by atoms with van der Waals surface area (Å²) in [5, 5.41) is 8.13. The number of benzene rings is 1. The first-order valence-electron chi connectivity index (χ1n) is 3.38. The highest BCUT2D eigenvalue weighted by Gasteiger charge is 1.96. The van der Waals surface area contributed by atoms with E-state index in [-0.39, 0.29) is 6.61 Å². The molecule has 12 heavy (non-hydrogen) atoms. The van der Waals surface area contributed by atoms with Crippen molar-refractivity contribution in [1.82, 2.24) is 5.64 Å². The fourth-order valence-electron chi connectivity index (χ4n) is 0.945. The second-order valence-electron chi connectivity index (χ2n) is 2.39. The molecule has 0 saturated heterocycles. The van der Waals surface area contributed by atoms with Crippen LogP contribution in [-0.4, -0.2) is 5.21 Å². The van der Waals surface area contributed by atoms with Gasteiger partial charge < -0.3 is 11.5 Å². The summed E-state index contributed by atoms with van der Waals surface area (Å²) in [4.78, 5) is 4.52. The van der Waals surface area contributed by atoms with Gasteiger partial charge >= 0.3 is 0 Å². The molecule has 66 valence electrons. The van der Waals surface area contributed by atoms with Crippen LogP contribution in [0.4, 0.5) is 11.4 Å². The van der Waals surface area contributed by atoms with E-state index >= 15 is 0 Å².